The Balaban J connectivity index is 1.73. The standard InChI is InChI=1S/C32H36N5OP/c1-23-14-16-28(17-15-23)36-26(4)30-22-33-37(29-11-7-6-8-12-29)39(32(30)27(36)5,35-18-20-38-21-19-35)34-31-13-9-10-24(2)25(31)3/h6-17,22H,18-21H2,1-5H3/t39-/m1/s1. The molecule has 3 heterocycles. The summed E-state index contributed by atoms with van der Waals surface area (Å²) < 4.78 is 18.9. The zero-order chi connectivity index (χ0) is 27.1. The number of nitrogens with zero attached hydrogens (tertiary/aromatic N) is 5. The van der Waals surface area contributed by atoms with Gasteiger partial charge in [-0.05, 0) is 76.1 Å². The first kappa shape index (κ1) is 25.8. The van der Waals surface area contributed by atoms with Crippen LogP contribution in [-0.2, 0) is 4.74 Å². The van der Waals surface area contributed by atoms with Crippen LogP contribution in [0.1, 0.15) is 33.6 Å². The van der Waals surface area contributed by atoms with E-state index in [0.717, 1.165) is 30.2 Å². The molecule has 3 aromatic carbocycles. The molecule has 2 aliphatic heterocycles. The van der Waals surface area contributed by atoms with E-state index >= 15 is 0 Å². The zero-order valence-electron chi connectivity index (χ0n) is 23.4. The Hall–Kier alpha value is -3.44. The minimum absolute atomic E-state index is 0.683. The molecule has 7 heteroatoms. The number of hydrogen-bond donors (Lipinski definition) is 0. The number of benzene rings is 3. The van der Waals surface area contributed by atoms with Gasteiger partial charge in [0.15, 0.2) is 7.36 Å². The summed E-state index contributed by atoms with van der Waals surface area (Å²) in [4.78, 5) is 0. The Bertz CT molecular complexity index is 1600. The number of hydrogen-bond acceptors (Lipinski definition) is 3. The van der Waals surface area contributed by atoms with Crippen LogP contribution in [0, 0.1) is 34.6 Å². The highest BCUT2D eigenvalue weighted by molar-refractivity contribution is 7.73. The molecule has 6 nitrogen and oxygen atoms in total. The summed E-state index contributed by atoms with van der Waals surface area (Å²) in [6.07, 6.45) is 2.05. The van der Waals surface area contributed by atoms with Gasteiger partial charge in [-0.15, -0.1) is 0 Å². The van der Waals surface area contributed by atoms with Gasteiger partial charge in [-0.1, -0.05) is 48.0 Å². The van der Waals surface area contributed by atoms with Crippen molar-refractivity contribution in [2.45, 2.75) is 34.6 Å². The molecular weight excluding hydrogens is 501 g/mol. The summed E-state index contributed by atoms with van der Waals surface area (Å²) in [6, 6.07) is 25.8. The molecule has 0 unspecified atom stereocenters. The lowest BCUT2D eigenvalue weighted by Crippen LogP contribution is -2.44. The molecule has 4 aromatic rings. The second-order valence-electron chi connectivity index (χ2n) is 10.4. The molecule has 2 aliphatic rings. The Morgan fingerprint density at radius 3 is 2.21 bits per heavy atom. The number of anilines is 1. The Morgan fingerprint density at radius 2 is 1.49 bits per heavy atom. The molecule has 0 N–H and O–H groups in total. The number of fused-ring (bicyclic) bond motifs is 1. The summed E-state index contributed by atoms with van der Waals surface area (Å²) in [5, 5.41) is 6.49. The van der Waals surface area contributed by atoms with Crippen molar-refractivity contribution in [3.8, 4) is 5.69 Å². The third-order valence-corrected chi connectivity index (χ3v) is 11.7. The molecule has 0 saturated carbocycles. The predicted octanol–water partition coefficient (Wildman–Crippen LogP) is 7.19. The van der Waals surface area contributed by atoms with E-state index in [2.05, 4.69) is 121 Å². The molecule has 39 heavy (non-hydrogen) atoms. The SMILES string of the molecule is Cc1ccc(-n2c(C)c3c(c2C)[P@@](=Nc2cccc(C)c2C)(N2CCOCC2)N(c2ccccc2)N=C3)cc1. The molecule has 0 bridgehead atoms. The summed E-state index contributed by atoms with van der Waals surface area (Å²) >= 11 is 0. The maximum Gasteiger partial charge on any atom is 0.179 e. The van der Waals surface area contributed by atoms with Crippen molar-refractivity contribution in [2.75, 3.05) is 31.1 Å². The molecule has 0 aliphatic carbocycles. The fourth-order valence-corrected chi connectivity index (χ4v) is 9.76. The van der Waals surface area contributed by atoms with Crippen LogP contribution in [0.2, 0.25) is 0 Å². The Kier molecular flexibility index (Phi) is 6.80. The quantitative estimate of drug-likeness (QED) is 0.259. The zero-order valence-corrected chi connectivity index (χ0v) is 24.3. The normalized spacial score (nSPS) is 19.3. The third-order valence-electron chi connectivity index (χ3n) is 8.00. The predicted molar refractivity (Wildman–Crippen MR) is 163 cm³/mol. The number of para-hydroxylation sites is 1. The van der Waals surface area contributed by atoms with E-state index in [-0.39, 0.29) is 0 Å². The maximum absolute atomic E-state index is 5.87. The maximum atomic E-state index is 5.87. The molecule has 0 radical (unpaired) electrons. The van der Waals surface area contributed by atoms with E-state index < -0.39 is 7.36 Å². The van der Waals surface area contributed by atoms with E-state index in [1.807, 2.05) is 6.21 Å². The highest BCUT2D eigenvalue weighted by Gasteiger charge is 2.45. The number of rotatable bonds is 4. The van der Waals surface area contributed by atoms with Gasteiger partial charge < -0.3 is 9.30 Å². The third kappa shape index (κ3) is 4.28. The van der Waals surface area contributed by atoms with Crippen LogP contribution < -0.4 is 10.1 Å². The van der Waals surface area contributed by atoms with Crippen LogP contribution in [0.15, 0.2) is 82.6 Å². The largest absolute Gasteiger partial charge is 0.379 e. The number of morpholine rings is 1. The molecule has 6 rings (SSSR count). The van der Waals surface area contributed by atoms with Gasteiger partial charge in [0.2, 0.25) is 0 Å². The van der Waals surface area contributed by atoms with Crippen molar-refractivity contribution in [1.82, 2.24) is 9.24 Å². The van der Waals surface area contributed by atoms with Crippen LogP contribution in [-0.4, -0.2) is 41.8 Å². The van der Waals surface area contributed by atoms with Gasteiger partial charge >= 0.3 is 0 Å². The number of hydrazone groups is 1. The molecule has 1 atom stereocenters. The van der Waals surface area contributed by atoms with Crippen molar-refractivity contribution in [3.63, 3.8) is 0 Å². The van der Waals surface area contributed by atoms with Crippen molar-refractivity contribution < 1.29 is 4.74 Å². The van der Waals surface area contributed by atoms with Gasteiger partial charge in [0, 0.05) is 35.7 Å². The van der Waals surface area contributed by atoms with Crippen LogP contribution in [0.25, 0.3) is 5.69 Å². The molecule has 0 amide bonds. The molecule has 1 saturated heterocycles. The van der Waals surface area contributed by atoms with Crippen LogP contribution >= 0.6 is 7.36 Å². The van der Waals surface area contributed by atoms with Gasteiger partial charge in [-0.25, -0.2) is 14.2 Å². The van der Waals surface area contributed by atoms with Gasteiger partial charge in [0.1, 0.15) is 0 Å². The summed E-state index contributed by atoms with van der Waals surface area (Å²) in [5.74, 6) is 0. The first-order valence-electron chi connectivity index (χ1n) is 13.6. The fraction of sp³-hybridized carbons (Fsp3) is 0.281. The second-order valence-corrected chi connectivity index (χ2v) is 13.2. The molecular formula is C32H36N5OP. The second kappa shape index (κ2) is 10.3. The molecule has 1 fully saturated rings. The van der Waals surface area contributed by atoms with Crippen molar-refractivity contribution in [3.05, 3.63) is 106 Å². The number of aromatic nitrogens is 1. The van der Waals surface area contributed by atoms with Crippen molar-refractivity contribution in [2.24, 2.45) is 9.85 Å². The topological polar surface area (TPSA) is 45.4 Å². The molecule has 200 valence electrons. The van der Waals surface area contributed by atoms with E-state index in [4.69, 9.17) is 14.6 Å². The number of aryl methyl sites for hydroxylation is 2. The monoisotopic (exact) mass is 537 g/mol. The molecule has 0 spiro atoms. The average Bonchev–Trinajstić information content (AvgIpc) is 3.22. The first-order chi connectivity index (χ1) is 18.9. The van der Waals surface area contributed by atoms with Gasteiger partial charge in [0.25, 0.3) is 0 Å². The van der Waals surface area contributed by atoms with Crippen LogP contribution in [0.3, 0.4) is 0 Å². The smallest absolute Gasteiger partial charge is 0.179 e. The van der Waals surface area contributed by atoms with Gasteiger partial charge in [-0.3, -0.25) is 0 Å². The average molecular weight is 538 g/mol. The van der Waals surface area contributed by atoms with E-state index in [0.29, 0.717) is 13.2 Å². The number of ether oxygens (including phenoxy) is 1. The van der Waals surface area contributed by atoms with E-state index in [9.17, 15) is 0 Å². The lowest BCUT2D eigenvalue weighted by Gasteiger charge is -2.45. The Morgan fingerprint density at radius 1 is 0.769 bits per heavy atom. The van der Waals surface area contributed by atoms with Crippen molar-refractivity contribution in [1.29, 1.82) is 0 Å². The first-order valence-corrected chi connectivity index (χ1v) is 15.3. The van der Waals surface area contributed by atoms with Gasteiger partial charge in [0.05, 0.1) is 36.1 Å². The van der Waals surface area contributed by atoms with Gasteiger partial charge in [-0.2, -0.15) is 5.10 Å². The summed E-state index contributed by atoms with van der Waals surface area (Å²) in [6.45, 7) is 13.9. The highest BCUT2D eigenvalue weighted by atomic mass is 31.2. The van der Waals surface area contributed by atoms with Crippen LogP contribution in [0.5, 0.6) is 0 Å². The van der Waals surface area contributed by atoms with E-state index in [1.165, 1.54) is 38.9 Å². The van der Waals surface area contributed by atoms with Crippen LogP contribution in [0.4, 0.5) is 11.4 Å². The lowest BCUT2D eigenvalue weighted by atomic mass is 10.1. The molecule has 1 aromatic heterocycles. The van der Waals surface area contributed by atoms with Crippen molar-refractivity contribution >= 4 is 30.2 Å². The fourth-order valence-electron chi connectivity index (χ4n) is 5.77. The highest BCUT2D eigenvalue weighted by Crippen LogP contribution is 2.62. The minimum Gasteiger partial charge on any atom is -0.379 e. The van der Waals surface area contributed by atoms with E-state index in [1.54, 1.807) is 0 Å². The Labute approximate surface area is 231 Å². The summed E-state index contributed by atoms with van der Waals surface area (Å²) in [7, 11) is -2.64. The summed E-state index contributed by atoms with van der Waals surface area (Å²) in [5.41, 5.74) is 10.5. The minimum atomic E-state index is -2.64. The lowest BCUT2D eigenvalue weighted by molar-refractivity contribution is 0.0744.